The van der Waals surface area contributed by atoms with Gasteiger partial charge in [-0.15, -0.1) is 0 Å². The third-order valence-electron chi connectivity index (χ3n) is 4.54. The Kier molecular flexibility index (Phi) is 4.41. The van der Waals surface area contributed by atoms with Gasteiger partial charge in [-0.1, -0.05) is 6.58 Å². The van der Waals surface area contributed by atoms with Crippen LogP contribution < -0.4 is 15.4 Å². The normalized spacial score (nSPS) is 19.9. The van der Waals surface area contributed by atoms with Gasteiger partial charge in [0.05, 0.1) is 31.0 Å². The van der Waals surface area contributed by atoms with E-state index in [-0.39, 0.29) is 18.5 Å². The van der Waals surface area contributed by atoms with Gasteiger partial charge in [-0.2, -0.15) is 5.10 Å². The number of benzene rings is 1. The minimum atomic E-state index is -0.527. The van der Waals surface area contributed by atoms with Crippen molar-refractivity contribution in [3.8, 4) is 5.75 Å². The lowest BCUT2D eigenvalue weighted by Crippen LogP contribution is -2.33. The second-order valence-electron chi connectivity index (χ2n) is 6.47. The number of ether oxygens (including phenoxy) is 1. The van der Waals surface area contributed by atoms with Gasteiger partial charge in [0.15, 0.2) is 5.65 Å². The number of aromatic nitrogens is 3. The molecule has 1 aliphatic heterocycles. The van der Waals surface area contributed by atoms with Gasteiger partial charge < -0.3 is 20.5 Å². The van der Waals surface area contributed by atoms with Crippen molar-refractivity contribution in [2.45, 2.75) is 19.1 Å². The molecule has 0 amide bonds. The molecule has 0 saturated heterocycles. The van der Waals surface area contributed by atoms with Crippen LogP contribution in [0.25, 0.3) is 11.3 Å². The highest BCUT2D eigenvalue weighted by Crippen LogP contribution is 2.30. The Labute approximate surface area is 155 Å². The number of halogens is 1. The third kappa shape index (κ3) is 3.31. The van der Waals surface area contributed by atoms with Crippen molar-refractivity contribution in [3.63, 3.8) is 0 Å². The van der Waals surface area contributed by atoms with Gasteiger partial charge in [-0.05, 0) is 31.2 Å². The van der Waals surface area contributed by atoms with Crippen LogP contribution in [0.15, 0.2) is 43.2 Å². The molecule has 1 aliphatic rings. The predicted octanol–water partition coefficient (Wildman–Crippen LogP) is 2.36. The fourth-order valence-corrected chi connectivity index (χ4v) is 3.08. The fourth-order valence-electron chi connectivity index (χ4n) is 3.08. The van der Waals surface area contributed by atoms with Crippen LogP contribution >= 0.6 is 0 Å². The second-order valence-corrected chi connectivity index (χ2v) is 6.47. The molecule has 2 aromatic heterocycles. The SMILES string of the molecule is C=C1NC[C@H](CO)Oc2ccc(F)cc2[C@@H](C)Nc2ccn3ncc1c3n2. The topological polar surface area (TPSA) is 83.7 Å². The highest BCUT2D eigenvalue weighted by molar-refractivity contribution is 5.73. The van der Waals surface area contributed by atoms with E-state index in [2.05, 4.69) is 27.3 Å². The molecule has 0 radical (unpaired) electrons. The molecule has 27 heavy (non-hydrogen) atoms. The van der Waals surface area contributed by atoms with Crippen molar-refractivity contribution in [1.29, 1.82) is 0 Å². The third-order valence-corrected chi connectivity index (χ3v) is 4.54. The quantitative estimate of drug-likeness (QED) is 0.611. The maximum atomic E-state index is 13.9. The smallest absolute Gasteiger partial charge is 0.166 e. The van der Waals surface area contributed by atoms with E-state index in [1.54, 1.807) is 29.0 Å². The molecule has 2 bridgehead atoms. The molecule has 7 nitrogen and oxygen atoms in total. The number of nitrogens with one attached hydrogen (secondary N) is 2. The van der Waals surface area contributed by atoms with E-state index in [1.807, 2.05) is 6.92 Å². The Balaban J connectivity index is 1.82. The van der Waals surface area contributed by atoms with E-state index in [0.717, 1.165) is 5.56 Å². The van der Waals surface area contributed by atoms with Crippen LogP contribution in [-0.4, -0.2) is 39.0 Å². The number of hydrogen-bond donors (Lipinski definition) is 3. The van der Waals surface area contributed by atoms with Gasteiger partial charge in [0, 0.05) is 17.5 Å². The Morgan fingerprint density at radius 3 is 3.07 bits per heavy atom. The molecular formula is C19H20FN5O2. The summed E-state index contributed by atoms with van der Waals surface area (Å²) < 4.78 is 21.5. The summed E-state index contributed by atoms with van der Waals surface area (Å²) in [5.74, 6) is 0.771. The molecule has 0 aliphatic carbocycles. The number of aliphatic hydroxyl groups excluding tert-OH is 1. The number of rotatable bonds is 1. The van der Waals surface area contributed by atoms with Crippen molar-refractivity contribution >= 4 is 17.2 Å². The van der Waals surface area contributed by atoms with Crippen molar-refractivity contribution in [1.82, 2.24) is 19.9 Å². The molecule has 0 fully saturated rings. The van der Waals surface area contributed by atoms with Gasteiger partial charge in [0.2, 0.25) is 0 Å². The van der Waals surface area contributed by atoms with E-state index in [1.165, 1.54) is 12.1 Å². The first-order chi connectivity index (χ1) is 13.0. The van der Waals surface area contributed by atoms with Gasteiger partial charge in [-0.25, -0.2) is 13.9 Å². The number of hydrogen-bond acceptors (Lipinski definition) is 6. The zero-order valence-electron chi connectivity index (χ0n) is 14.8. The minimum absolute atomic E-state index is 0.200. The average Bonchev–Trinajstić information content (AvgIpc) is 3.08. The number of aliphatic hydroxyl groups is 1. The zero-order valence-corrected chi connectivity index (χ0v) is 14.8. The van der Waals surface area contributed by atoms with E-state index >= 15 is 0 Å². The van der Waals surface area contributed by atoms with Gasteiger partial charge in [-0.3, -0.25) is 0 Å². The van der Waals surface area contributed by atoms with Crippen molar-refractivity contribution in [2.75, 3.05) is 18.5 Å². The maximum Gasteiger partial charge on any atom is 0.166 e. The molecule has 3 heterocycles. The van der Waals surface area contributed by atoms with E-state index in [9.17, 15) is 9.50 Å². The van der Waals surface area contributed by atoms with Crippen molar-refractivity contribution in [2.24, 2.45) is 0 Å². The van der Waals surface area contributed by atoms with Gasteiger partial charge in [0.1, 0.15) is 23.5 Å². The number of fused-ring (bicyclic) bond motifs is 2. The fraction of sp³-hybridized carbons (Fsp3) is 0.263. The number of nitrogens with zero attached hydrogens (tertiary/aromatic N) is 3. The van der Waals surface area contributed by atoms with Crippen LogP contribution in [0.4, 0.5) is 10.2 Å². The molecule has 0 saturated carbocycles. The molecule has 1 aromatic carbocycles. The second kappa shape index (κ2) is 6.88. The molecule has 2 atom stereocenters. The van der Waals surface area contributed by atoms with Crippen LogP contribution in [0.2, 0.25) is 0 Å². The Hall–Kier alpha value is -3.13. The van der Waals surface area contributed by atoms with Crippen LogP contribution in [0.3, 0.4) is 0 Å². The lowest BCUT2D eigenvalue weighted by Gasteiger charge is -2.23. The highest BCUT2D eigenvalue weighted by Gasteiger charge is 2.20. The summed E-state index contributed by atoms with van der Waals surface area (Å²) in [6.07, 6.45) is 2.96. The van der Waals surface area contributed by atoms with E-state index in [4.69, 9.17) is 4.74 Å². The van der Waals surface area contributed by atoms with E-state index < -0.39 is 6.10 Å². The van der Waals surface area contributed by atoms with Crippen molar-refractivity contribution in [3.05, 3.63) is 60.2 Å². The molecule has 3 aromatic rings. The van der Waals surface area contributed by atoms with Gasteiger partial charge >= 0.3 is 0 Å². The zero-order chi connectivity index (χ0) is 19.0. The Bertz CT molecular complexity index is 1000. The Morgan fingerprint density at radius 1 is 1.41 bits per heavy atom. The molecule has 4 rings (SSSR count). The van der Waals surface area contributed by atoms with Crippen LogP contribution in [0.5, 0.6) is 5.75 Å². The monoisotopic (exact) mass is 369 g/mol. The molecule has 8 heteroatoms. The maximum absolute atomic E-state index is 13.9. The predicted molar refractivity (Wildman–Crippen MR) is 100.0 cm³/mol. The van der Waals surface area contributed by atoms with Crippen molar-refractivity contribution < 1.29 is 14.2 Å². The molecule has 140 valence electrons. The van der Waals surface area contributed by atoms with Crippen LogP contribution in [0.1, 0.15) is 24.1 Å². The lowest BCUT2D eigenvalue weighted by molar-refractivity contribution is 0.116. The first-order valence-corrected chi connectivity index (χ1v) is 8.66. The van der Waals surface area contributed by atoms with Crippen LogP contribution in [-0.2, 0) is 0 Å². The van der Waals surface area contributed by atoms with Gasteiger partial charge in [0.25, 0.3) is 0 Å². The summed E-state index contributed by atoms with van der Waals surface area (Å²) in [7, 11) is 0. The molecule has 0 spiro atoms. The molecule has 3 N–H and O–H groups in total. The molecular weight excluding hydrogens is 349 g/mol. The summed E-state index contributed by atoms with van der Waals surface area (Å²) in [5.41, 5.74) is 2.67. The lowest BCUT2D eigenvalue weighted by atomic mass is 10.1. The summed E-state index contributed by atoms with van der Waals surface area (Å²) in [4.78, 5) is 4.62. The largest absolute Gasteiger partial charge is 0.486 e. The summed E-state index contributed by atoms with van der Waals surface area (Å²) in [6.45, 7) is 6.07. The summed E-state index contributed by atoms with van der Waals surface area (Å²) in [6, 6.07) is 5.87. The highest BCUT2D eigenvalue weighted by atomic mass is 19.1. The average molecular weight is 369 g/mol. The summed E-state index contributed by atoms with van der Waals surface area (Å²) >= 11 is 0. The summed E-state index contributed by atoms with van der Waals surface area (Å²) in [5, 5.41) is 20.4. The molecule has 0 unspecified atom stereocenters. The first-order valence-electron chi connectivity index (χ1n) is 8.66. The minimum Gasteiger partial charge on any atom is -0.486 e. The first kappa shape index (κ1) is 17.3. The standard InChI is InChI=1S/C19H20FN5O2/c1-11-16-9-22-25-6-5-18(24-19(16)25)23-12(2)15-7-13(20)3-4-17(15)27-14(10-26)8-21-11/h3-7,9,12,14,21,26H,1,8,10H2,2H3,(H,23,24)/t12-,14-/m1/s1. The Morgan fingerprint density at radius 2 is 2.26 bits per heavy atom. The van der Waals surface area contributed by atoms with E-state index in [0.29, 0.717) is 35.0 Å². The van der Waals surface area contributed by atoms with Crippen LogP contribution in [0, 0.1) is 5.82 Å². The number of anilines is 1.